The van der Waals surface area contributed by atoms with Gasteiger partial charge in [0.15, 0.2) is 0 Å². The van der Waals surface area contributed by atoms with E-state index in [1.165, 1.54) is 11.3 Å². The fourth-order valence-electron chi connectivity index (χ4n) is 2.46. The predicted octanol–water partition coefficient (Wildman–Crippen LogP) is 3.36. The second-order valence-corrected chi connectivity index (χ2v) is 7.12. The van der Waals surface area contributed by atoms with E-state index in [4.69, 9.17) is 21.1 Å². The Bertz CT molecular complexity index is 465. The normalized spacial score (nSPS) is 26.6. The molecule has 5 nitrogen and oxygen atoms in total. The van der Waals surface area contributed by atoms with Gasteiger partial charge in [-0.1, -0.05) is 11.6 Å². The SMILES string of the molecule is CC(OC1=CN(C(=O)OC(C)(C)C)C(Cl)C=C1)C1CCCN1. The van der Waals surface area contributed by atoms with Crippen LogP contribution in [0.3, 0.4) is 0 Å². The van der Waals surface area contributed by atoms with E-state index in [0.717, 1.165) is 13.0 Å². The smallest absolute Gasteiger partial charge is 0.415 e. The zero-order valence-electron chi connectivity index (χ0n) is 13.6. The molecule has 0 aromatic heterocycles. The number of carbonyl (C=O) groups excluding carboxylic acids is 1. The van der Waals surface area contributed by atoms with Gasteiger partial charge in [-0.05, 0) is 59.2 Å². The van der Waals surface area contributed by atoms with Crippen molar-refractivity contribution in [2.24, 2.45) is 0 Å². The maximum absolute atomic E-state index is 12.2. The van der Waals surface area contributed by atoms with E-state index in [2.05, 4.69) is 5.32 Å². The van der Waals surface area contributed by atoms with Crippen LogP contribution in [0.1, 0.15) is 40.5 Å². The molecule has 22 heavy (non-hydrogen) atoms. The van der Waals surface area contributed by atoms with E-state index in [1.807, 2.05) is 27.7 Å². The molecule has 0 spiro atoms. The highest BCUT2D eigenvalue weighted by Crippen LogP contribution is 2.23. The van der Waals surface area contributed by atoms with Crippen molar-refractivity contribution >= 4 is 17.7 Å². The Hall–Kier alpha value is -1.20. The van der Waals surface area contributed by atoms with Gasteiger partial charge in [-0.25, -0.2) is 4.79 Å². The molecule has 0 bridgehead atoms. The summed E-state index contributed by atoms with van der Waals surface area (Å²) >= 11 is 6.16. The Morgan fingerprint density at radius 1 is 1.50 bits per heavy atom. The number of rotatable bonds is 3. The molecule has 1 saturated heterocycles. The van der Waals surface area contributed by atoms with Gasteiger partial charge in [0.25, 0.3) is 0 Å². The summed E-state index contributed by atoms with van der Waals surface area (Å²) in [5.41, 5.74) is -1.13. The molecule has 2 aliphatic rings. The number of halogens is 1. The van der Waals surface area contributed by atoms with Gasteiger partial charge in [0.1, 0.15) is 23.0 Å². The highest BCUT2D eigenvalue weighted by molar-refractivity contribution is 6.22. The number of hydrogen-bond donors (Lipinski definition) is 1. The Labute approximate surface area is 137 Å². The molecule has 3 atom stereocenters. The molecule has 1 fully saturated rings. The van der Waals surface area contributed by atoms with Gasteiger partial charge in [0.05, 0.1) is 6.20 Å². The first-order valence-corrected chi connectivity index (χ1v) is 8.15. The average Bonchev–Trinajstić information content (AvgIpc) is 2.93. The summed E-state index contributed by atoms with van der Waals surface area (Å²) in [6.07, 6.45) is 6.94. The van der Waals surface area contributed by atoms with Crippen LogP contribution in [-0.4, -0.2) is 40.8 Å². The van der Waals surface area contributed by atoms with Gasteiger partial charge in [0, 0.05) is 6.04 Å². The van der Waals surface area contributed by atoms with E-state index in [0.29, 0.717) is 11.8 Å². The first-order chi connectivity index (χ1) is 10.3. The molecule has 0 aromatic carbocycles. The van der Waals surface area contributed by atoms with Crippen LogP contribution in [0.15, 0.2) is 24.1 Å². The zero-order chi connectivity index (χ0) is 16.3. The monoisotopic (exact) mass is 328 g/mol. The molecule has 1 N–H and O–H groups in total. The highest BCUT2D eigenvalue weighted by Gasteiger charge is 2.28. The third kappa shape index (κ3) is 4.65. The number of amides is 1. The fraction of sp³-hybridized carbons (Fsp3) is 0.688. The third-order valence-electron chi connectivity index (χ3n) is 3.54. The van der Waals surface area contributed by atoms with Gasteiger partial charge >= 0.3 is 6.09 Å². The van der Waals surface area contributed by atoms with Crippen LogP contribution in [-0.2, 0) is 9.47 Å². The summed E-state index contributed by atoms with van der Waals surface area (Å²) in [5.74, 6) is 0.615. The van der Waals surface area contributed by atoms with E-state index in [9.17, 15) is 4.79 Å². The molecule has 124 valence electrons. The van der Waals surface area contributed by atoms with Crippen LogP contribution in [0, 0.1) is 0 Å². The first-order valence-electron chi connectivity index (χ1n) is 7.72. The van der Waals surface area contributed by atoms with E-state index >= 15 is 0 Å². The van der Waals surface area contributed by atoms with Crippen molar-refractivity contribution in [3.8, 4) is 0 Å². The summed E-state index contributed by atoms with van der Waals surface area (Å²) in [6.45, 7) is 8.53. The lowest BCUT2D eigenvalue weighted by atomic mass is 10.1. The molecule has 0 saturated carbocycles. The van der Waals surface area contributed by atoms with Gasteiger partial charge in [-0.15, -0.1) is 0 Å². The lowest BCUT2D eigenvalue weighted by Crippen LogP contribution is -2.39. The van der Waals surface area contributed by atoms with Gasteiger partial charge < -0.3 is 14.8 Å². The minimum absolute atomic E-state index is 0.0331. The second kappa shape index (κ2) is 6.92. The number of nitrogens with zero attached hydrogens (tertiary/aromatic N) is 1. The Kier molecular flexibility index (Phi) is 5.40. The Morgan fingerprint density at radius 2 is 2.23 bits per heavy atom. The number of nitrogens with one attached hydrogen (secondary N) is 1. The van der Waals surface area contributed by atoms with Crippen LogP contribution >= 0.6 is 11.6 Å². The molecule has 3 unspecified atom stereocenters. The number of hydrogen-bond acceptors (Lipinski definition) is 4. The summed E-state index contributed by atoms with van der Waals surface area (Å²) in [6, 6.07) is 0.345. The maximum atomic E-state index is 12.2. The summed E-state index contributed by atoms with van der Waals surface area (Å²) in [4.78, 5) is 13.5. The van der Waals surface area contributed by atoms with E-state index in [1.54, 1.807) is 18.4 Å². The lowest BCUT2D eigenvalue weighted by molar-refractivity contribution is 0.0310. The number of alkyl halides is 1. The predicted molar refractivity (Wildman–Crippen MR) is 86.5 cm³/mol. The molecule has 0 aliphatic carbocycles. The molecule has 2 aliphatic heterocycles. The molecular weight excluding hydrogens is 304 g/mol. The quantitative estimate of drug-likeness (QED) is 0.637. The standard InChI is InChI=1S/C16H25ClN2O3/c1-11(13-6-5-9-18-13)21-12-7-8-14(17)19(10-12)15(20)22-16(2,3)4/h7-8,10-11,13-14,18H,5-6,9H2,1-4H3. The number of allylic oxidation sites excluding steroid dienone is 1. The summed E-state index contributed by atoms with van der Waals surface area (Å²) in [7, 11) is 0. The minimum atomic E-state index is -0.567. The van der Waals surface area contributed by atoms with Gasteiger partial charge in [-0.2, -0.15) is 0 Å². The van der Waals surface area contributed by atoms with Crippen molar-refractivity contribution in [2.75, 3.05) is 6.54 Å². The average molecular weight is 329 g/mol. The van der Waals surface area contributed by atoms with Crippen LogP contribution < -0.4 is 5.32 Å². The zero-order valence-corrected chi connectivity index (χ0v) is 14.4. The molecule has 0 aromatic rings. The Balaban J connectivity index is 2.00. The van der Waals surface area contributed by atoms with E-state index < -0.39 is 17.2 Å². The van der Waals surface area contributed by atoms with Crippen LogP contribution in [0.25, 0.3) is 0 Å². The fourth-order valence-corrected chi connectivity index (χ4v) is 2.67. The largest absolute Gasteiger partial charge is 0.488 e. The molecule has 1 amide bonds. The molecule has 2 rings (SSSR count). The summed E-state index contributed by atoms with van der Waals surface area (Å²) in [5, 5.41) is 3.41. The van der Waals surface area contributed by atoms with Crippen molar-refractivity contribution in [3.63, 3.8) is 0 Å². The van der Waals surface area contributed by atoms with Crippen LogP contribution in [0.2, 0.25) is 0 Å². The van der Waals surface area contributed by atoms with Crippen molar-refractivity contribution in [2.45, 2.75) is 63.8 Å². The highest BCUT2D eigenvalue weighted by atomic mass is 35.5. The first kappa shape index (κ1) is 17.2. The van der Waals surface area contributed by atoms with Gasteiger partial charge in [0.2, 0.25) is 0 Å². The third-order valence-corrected chi connectivity index (χ3v) is 3.90. The van der Waals surface area contributed by atoms with Crippen molar-refractivity contribution in [3.05, 3.63) is 24.1 Å². The lowest BCUT2D eigenvalue weighted by Gasteiger charge is -2.30. The number of carbonyl (C=O) groups is 1. The number of ether oxygens (including phenoxy) is 2. The van der Waals surface area contributed by atoms with Crippen LogP contribution in [0.5, 0.6) is 0 Å². The molecule has 0 radical (unpaired) electrons. The maximum Gasteiger partial charge on any atom is 0.415 e. The second-order valence-electron chi connectivity index (χ2n) is 6.68. The topological polar surface area (TPSA) is 50.8 Å². The van der Waals surface area contributed by atoms with Crippen LogP contribution in [0.4, 0.5) is 4.79 Å². The summed E-state index contributed by atoms with van der Waals surface area (Å²) < 4.78 is 11.3. The molecule has 6 heteroatoms. The Morgan fingerprint density at radius 3 is 2.82 bits per heavy atom. The van der Waals surface area contributed by atoms with Crippen molar-refractivity contribution in [1.29, 1.82) is 0 Å². The molecule has 2 heterocycles. The van der Waals surface area contributed by atoms with E-state index in [-0.39, 0.29) is 6.10 Å². The minimum Gasteiger partial charge on any atom is -0.488 e. The van der Waals surface area contributed by atoms with Gasteiger partial charge in [-0.3, -0.25) is 4.90 Å². The molecular formula is C16H25ClN2O3. The van der Waals surface area contributed by atoms with Crippen molar-refractivity contribution in [1.82, 2.24) is 10.2 Å². The van der Waals surface area contributed by atoms with Crippen molar-refractivity contribution < 1.29 is 14.3 Å².